The van der Waals surface area contributed by atoms with Gasteiger partial charge in [-0.25, -0.2) is 0 Å². The lowest BCUT2D eigenvalue weighted by atomic mass is 10.00. The second-order valence-electron chi connectivity index (χ2n) is 5.97. The number of carbonyl (C=O) groups is 1. The van der Waals surface area contributed by atoms with Gasteiger partial charge in [0.25, 0.3) is 0 Å². The Morgan fingerprint density at radius 1 is 1.05 bits per heavy atom. The molecule has 0 unspecified atom stereocenters. The van der Waals surface area contributed by atoms with Crippen LogP contribution in [0, 0.1) is 12.8 Å². The highest BCUT2D eigenvalue weighted by Crippen LogP contribution is 2.40. The van der Waals surface area contributed by atoms with Crippen LogP contribution in [-0.2, 0) is 4.79 Å². The number of rotatable bonds is 3. The number of anilines is 1. The van der Waals surface area contributed by atoms with Crippen LogP contribution in [0.2, 0.25) is 0 Å². The molecule has 1 aliphatic rings. The van der Waals surface area contributed by atoms with Crippen LogP contribution in [0.25, 0.3) is 0 Å². The largest absolute Gasteiger partial charge is 0.497 e. The zero-order chi connectivity index (χ0) is 15.7. The number of hydrogen-bond acceptors (Lipinski definition) is 2. The van der Waals surface area contributed by atoms with Gasteiger partial charge in [-0.05, 0) is 43.2 Å². The van der Waals surface area contributed by atoms with E-state index in [1.807, 2.05) is 36.1 Å². The molecule has 3 heteroatoms. The molecule has 22 heavy (non-hydrogen) atoms. The first kappa shape index (κ1) is 14.6. The van der Waals surface area contributed by atoms with Crippen LogP contribution in [-0.4, -0.2) is 13.0 Å². The summed E-state index contributed by atoms with van der Waals surface area (Å²) in [6, 6.07) is 16.3. The van der Waals surface area contributed by atoms with Crippen molar-refractivity contribution in [2.24, 2.45) is 5.92 Å². The van der Waals surface area contributed by atoms with Gasteiger partial charge in [-0.3, -0.25) is 4.79 Å². The van der Waals surface area contributed by atoms with Crippen molar-refractivity contribution in [3.8, 4) is 5.75 Å². The van der Waals surface area contributed by atoms with Crippen LogP contribution in [0.4, 0.5) is 5.69 Å². The summed E-state index contributed by atoms with van der Waals surface area (Å²) in [5, 5.41) is 0. The second kappa shape index (κ2) is 5.84. The summed E-state index contributed by atoms with van der Waals surface area (Å²) in [6.07, 6.45) is 0.855. The van der Waals surface area contributed by atoms with E-state index in [0.717, 1.165) is 17.9 Å². The van der Waals surface area contributed by atoms with E-state index in [9.17, 15) is 4.79 Å². The van der Waals surface area contributed by atoms with E-state index in [2.05, 4.69) is 31.2 Å². The van der Waals surface area contributed by atoms with Crippen LogP contribution in [0.15, 0.2) is 48.5 Å². The second-order valence-corrected chi connectivity index (χ2v) is 5.97. The quantitative estimate of drug-likeness (QED) is 0.852. The molecule has 0 radical (unpaired) electrons. The third-order valence-electron chi connectivity index (χ3n) is 4.36. The summed E-state index contributed by atoms with van der Waals surface area (Å²) in [5.41, 5.74) is 3.36. The fraction of sp³-hybridized carbons (Fsp3) is 0.316. The predicted octanol–water partition coefficient (Wildman–Crippen LogP) is 4.12. The zero-order valence-corrected chi connectivity index (χ0v) is 13.2. The van der Waals surface area contributed by atoms with Gasteiger partial charge in [-0.1, -0.05) is 36.8 Å². The van der Waals surface area contributed by atoms with E-state index in [-0.39, 0.29) is 17.9 Å². The minimum atomic E-state index is 0.0494. The molecule has 0 aliphatic carbocycles. The van der Waals surface area contributed by atoms with Crippen LogP contribution in [0.1, 0.15) is 30.5 Å². The lowest BCUT2D eigenvalue weighted by molar-refractivity contribution is -0.120. The smallest absolute Gasteiger partial charge is 0.230 e. The molecular formula is C19H21NO2. The van der Waals surface area contributed by atoms with Gasteiger partial charge < -0.3 is 9.64 Å². The highest BCUT2D eigenvalue weighted by Gasteiger charge is 2.38. The fourth-order valence-corrected chi connectivity index (χ4v) is 3.06. The molecule has 1 saturated heterocycles. The Morgan fingerprint density at radius 3 is 2.27 bits per heavy atom. The number of carbonyl (C=O) groups excluding carboxylic acids is 1. The molecule has 2 aromatic rings. The van der Waals surface area contributed by atoms with Gasteiger partial charge in [0.2, 0.25) is 5.91 Å². The van der Waals surface area contributed by atoms with Crippen LogP contribution >= 0.6 is 0 Å². The molecule has 1 heterocycles. The normalized spacial score (nSPS) is 21.2. The van der Waals surface area contributed by atoms with Crippen LogP contribution in [0.3, 0.4) is 0 Å². The maximum atomic E-state index is 12.6. The number of hydrogen-bond donors (Lipinski definition) is 0. The van der Waals surface area contributed by atoms with Crippen molar-refractivity contribution in [2.45, 2.75) is 26.3 Å². The summed E-state index contributed by atoms with van der Waals surface area (Å²) in [6.45, 7) is 4.08. The topological polar surface area (TPSA) is 29.5 Å². The van der Waals surface area contributed by atoms with Crippen molar-refractivity contribution in [2.75, 3.05) is 12.0 Å². The van der Waals surface area contributed by atoms with E-state index < -0.39 is 0 Å². The molecule has 2 atom stereocenters. The molecule has 0 saturated carbocycles. The summed E-state index contributed by atoms with van der Waals surface area (Å²) in [7, 11) is 1.65. The summed E-state index contributed by atoms with van der Waals surface area (Å²) < 4.78 is 5.20. The Balaban J connectivity index is 1.97. The molecule has 2 aromatic carbocycles. The van der Waals surface area contributed by atoms with Gasteiger partial charge in [0, 0.05) is 11.6 Å². The Labute approximate surface area is 131 Å². The Bertz CT molecular complexity index is 661. The van der Waals surface area contributed by atoms with Gasteiger partial charge in [0.1, 0.15) is 5.75 Å². The lowest BCUT2D eigenvalue weighted by Gasteiger charge is -2.25. The van der Waals surface area contributed by atoms with Crippen molar-refractivity contribution in [1.29, 1.82) is 0 Å². The maximum absolute atomic E-state index is 12.6. The minimum absolute atomic E-state index is 0.0494. The molecule has 0 aromatic heterocycles. The molecular weight excluding hydrogens is 274 g/mol. The molecule has 1 aliphatic heterocycles. The molecule has 0 spiro atoms. The zero-order valence-electron chi connectivity index (χ0n) is 13.2. The van der Waals surface area contributed by atoms with Gasteiger partial charge >= 0.3 is 0 Å². The van der Waals surface area contributed by atoms with Gasteiger partial charge in [-0.2, -0.15) is 0 Å². The third-order valence-corrected chi connectivity index (χ3v) is 4.36. The first-order chi connectivity index (χ1) is 10.6. The summed E-state index contributed by atoms with van der Waals surface area (Å²) >= 11 is 0. The Morgan fingerprint density at radius 2 is 1.68 bits per heavy atom. The third kappa shape index (κ3) is 2.59. The first-order valence-corrected chi connectivity index (χ1v) is 7.64. The number of amides is 1. The molecule has 1 fully saturated rings. The molecule has 3 rings (SSSR count). The molecule has 1 amide bonds. The number of benzene rings is 2. The number of aryl methyl sites for hydroxylation is 1. The average molecular weight is 295 g/mol. The minimum Gasteiger partial charge on any atom is -0.497 e. The SMILES string of the molecule is COc1ccc(N2C(=O)[C@@H](C)C[C@H]2c2ccc(C)cc2)cc1. The molecule has 114 valence electrons. The lowest BCUT2D eigenvalue weighted by Crippen LogP contribution is -2.28. The fourth-order valence-electron chi connectivity index (χ4n) is 3.06. The van der Waals surface area contributed by atoms with E-state index in [1.165, 1.54) is 11.1 Å². The molecule has 3 nitrogen and oxygen atoms in total. The maximum Gasteiger partial charge on any atom is 0.230 e. The summed E-state index contributed by atoms with van der Waals surface area (Å²) in [5.74, 6) is 1.04. The standard InChI is InChI=1S/C19H21NO2/c1-13-4-6-15(7-5-13)18-12-14(2)19(21)20(18)16-8-10-17(22-3)11-9-16/h4-11,14,18H,12H2,1-3H3/t14-,18-/m0/s1. The number of methoxy groups -OCH3 is 1. The van der Waals surface area contributed by atoms with Crippen molar-refractivity contribution < 1.29 is 9.53 Å². The molecule has 0 bridgehead atoms. The van der Waals surface area contributed by atoms with E-state index >= 15 is 0 Å². The van der Waals surface area contributed by atoms with Crippen LogP contribution in [0.5, 0.6) is 5.75 Å². The van der Waals surface area contributed by atoms with E-state index in [4.69, 9.17) is 4.74 Å². The van der Waals surface area contributed by atoms with Crippen molar-refractivity contribution in [3.63, 3.8) is 0 Å². The Hall–Kier alpha value is -2.29. The van der Waals surface area contributed by atoms with E-state index in [0.29, 0.717) is 0 Å². The van der Waals surface area contributed by atoms with Crippen molar-refractivity contribution in [3.05, 3.63) is 59.7 Å². The predicted molar refractivity (Wildman–Crippen MR) is 88.2 cm³/mol. The highest BCUT2D eigenvalue weighted by atomic mass is 16.5. The first-order valence-electron chi connectivity index (χ1n) is 7.64. The van der Waals surface area contributed by atoms with Crippen LogP contribution < -0.4 is 9.64 Å². The van der Waals surface area contributed by atoms with Gasteiger partial charge in [0.15, 0.2) is 0 Å². The summed E-state index contributed by atoms with van der Waals surface area (Å²) in [4.78, 5) is 14.5. The highest BCUT2D eigenvalue weighted by molar-refractivity contribution is 5.98. The average Bonchev–Trinajstić information content (AvgIpc) is 2.84. The van der Waals surface area contributed by atoms with Crippen molar-refractivity contribution >= 4 is 11.6 Å². The molecule has 0 N–H and O–H groups in total. The monoisotopic (exact) mass is 295 g/mol. The van der Waals surface area contributed by atoms with Gasteiger partial charge in [-0.15, -0.1) is 0 Å². The van der Waals surface area contributed by atoms with Gasteiger partial charge in [0.05, 0.1) is 13.2 Å². The van der Waals surface area contributed by atoms with E-state index in [1.54, 1.807) is 7.11 Å². The number of nitrogens with zero attached hydrogens (tertiary/aromatic N) is 1. The number of ether oxygens (including phenoxy) is 1. The van der Waals surface area contributed by atoms with Crippen molar-refractivity contribution in [1.82, 2.24) is 0 Å². The Kier molecular flexibility index (Phi) is 3.88.